The highest BCUT2D eigenvalue weighted by Gasteiger charge is 2.28. The maximum Gasteiger partial charge on any atom is 0.282 e. The van der Waals surface area contributed by atoms with Crippen molar-refractivity contribution >= 4 is 17.3 Å². The lowest BCUT2D eigenvalue weighted by Crippen LogP contribution is -2.30. The molecule has 1 aliphatic rings. The fourth-order valence-electron chi connectivity index (χ4n) is 3.01. The van der Waals surface area contributed by atoms with Crippen LogP contribution in [-0.2, 0) is 5.60 Å². The van der Waals surface area contributed by atoms with Gasteiger partial charge in [-0.25, -0.2) is 0 Å². The summed E-state index contributed by atoms with van der Waals surface area (Å²) in [6.07, 6.45) is 3.29. The molecule has 138 valence electrons. The monoisotopic (exact) mass is 359 g/mol. The van der Waals surface area contributed by atoms with E-state index in [2.05, 4.69) is 5.32 Å². The van der Waals surface area contributed by atoms with Crippen molar-refractivity contribution in [2.75, 3.05) is 25.0 Å². The minimum absolute atomic E-state index is 0.0551. The van der Waals surface area contributed by atoms with Crippen molar-refractivity contribution in [3.05, 3.63) is 58.0 Å². The SMILES string of the molecule is CC(O)(CNc1ccc([N+](=O)[O-])c(C(=O)N2CCCC2)c1)c1ccco1. The number of aliphatic hydroxyl groups is 1. The van der Waals surface area contributed by atoms with Crippen LogP contribution >= 0.6 is 0 Å². The zero-order valence-corrected chi connectivity index (χ0v) is 14.5. The number of nitrogens with one attached hydrogen (secondary N) is 1. The topological polar surface area (TPSA) is 109 Å². The Bertz CT molecular complexity index is 795. The average molecular weight is 359 g/mol. The Morgan fingerprint density at radius 2 is 2.12 bits per heavy atom. The fraction of sp³-hybridized carbons (Fsp3) is 0.389. The summed E-state index contributed by atoms with van der Waals surface area (Å²) in [6, 6.07) is 7.66. The zero-order valence-electron chi connectivity index (χ0n) is 14.5. The van der Waals surface area contributed by atoms with Crippen LogP contribution in [0.4, 0.5) is 11.4 Å². The summed E-state index contributed by atoms with van der Waals surface area (Å²) < 4.78 is 5.23. The van der Waals surface area contributed by atoms with Crippen molar-refractivity contribution < 1.29 is 19.2 Å². The van der Waals surface area contributed by atoms with E-state index in [1.165, 1.54) is 24.5 Å². The van der Waals surface area contributed by atoms with Gasteiger partial charge in [0.2, 0.25) is 0 Å². The number of likely N-dealkylation sites (tertiary alicyclic amines) is 1. The van der Waals surface area contributed by atoms with Crippen LogP contribution in [0.2, 0.25) is 0 Å². The zero-order chi connectivity index (χ0) is 18.7. The van der Waals surface area contributed by atoms with E-state index in [9.17, 15) is 20.0 Å². The maximum absolute atomic E-state index is 12.6. The van der Waals surface area contributed by atoms with Gasteiger partial charge < -0.3 is 19.7 Å². The Hall–Kier alpha value is -2.87. The molecule has 1 aliphatic heterocycles. The first-order valence-corrected chi connectivity index (χ1v) is 8.46. The number of nitro benzene ring substituents is 1. The molecule has 8 heteroatoms. The molecule has 2 aromatic rings. The van der Waals surface area contributed by atoms with Crippen LogP contribution in [0.25, 0.3) is 0 Å². The lowest BCUT2D eigenvalue weighted by atomic mass is 10.0. The van der Waals surface area contributed by atoms with Crippen molar-refractivity contribution in [3.63, 3.8) is 0 Å². The molecule has 1 aromatic carbocycles. The largest absolute Gasteiger partial charge is 0.466 e. The van der Waals surface area contributed by atoms with E-state index < -0.39 is 10.5 Å². The summed E-state index contributed by atoms with van der Waals surface area (Å²) in [4.78, 5) is 25.0. The molecule has 26 heavy (non-hydrogen) atoms. The molecule has 1 saturated heterocycles. The predicted octanol–water partition coefficient (Wildman–Crippen LogP) is 2.74. The third-order valence-corrected chi connectivity index (χ3v) is 4.51. The second-order valence-corrected chi connectivity index (χ2v) is 6.59. The van der Waals surface area contributed by atoms with Gasteiger partial charge in [-0.1, -0.05) is 0 Å². The van der Waals surface area contributed by atoms with Gasteiger partial charge in [-0.05, 0) is 44.0 Å². The van der Waals surface area contributed by atoms with Crippen LogP contribution in [0.5, 0.6) is 0 Å². The highest BCUT2D eigenvalue weighted by molar-refractivity contribution is 5.99. The third kappa shape index (κ3) is 3.70. The minimum atomic E-state index is -1.26. The van der Waals surface area contributed by atoms with Crippen LogP contribution in [0, 0.1) is 10.1 Å². The summed E-state index contributed by atoms with van der Waals surface area (Å²) in [5.74, 6) is 0.0657. The molecule has 1 amide bonds. The number of nitrogens with zero attached hydrogens (tertiary/aromatic N) is 2. The van der Waals surface area contributed by atoms with Crippen molar-refractivity contribution in [3.8, 4) is 0 Å². The van der Waals surface area contributed by atoms with Gasteiger partial charge in [-0.3, -0.25) is 14.9 Å². The van der Waals surface area contributed by atoms with E-state index >= 15 is 0 Å². The highest BCUT2D eigenvalue weighted by atomic mass is 16.6. The van der Waals surface area contributed by atoms with Crippen LogP contribution in [0.3, 0.4) is 0 Å². The number of nitro groups is 1. The van der Waals surface area contributed by atoms with E-state index in [-0.39, 0.29) is 23.7 Å². The van der Waals surface area contributed by atoms with Crippen molar-refractivity contribution in [2.24, 2.45) is 0 Å². The summed E-state index contributed by atoms with van der Waals surface area (Å²) in [5, 5.41) is 24.8. The van der Waals surface area contributed by atoms with Crippen LogP contribution in [-0.4, -0.2) is 40.5 Å². The number of hydrogen-bond acceptors (Lipinski definition) is 6. The van der Waals surface area contributed by atoms with Gasteiger partial charge in [0.1, 0.15) is 16.9 Å². The molecule has 0 aliphatic carbocycles. The predicted molar refractivity (Wildman–Crippen MR) is 95.0 cm³/mol. The molecule has 0 spiro atoms. The normalized spacial score (nSPS) is 16.3. The second kappa shape index (κ2) is 7.17. The number of amides is 1. The second-order valence-electron chi connectivity index (χ2n) is 6.59. The Morgan fingerprint density at radius 3 is 2.73 bits per heavy atom. The number of carbonyl (C=O) groups is 1. The van der Waals surface area contributed by atoms with Gasteiger partial charge in [0.15, 0.2) is 0 Å². The summed E-state index contributed by atoms with van der Waals surface area (Å²) in [6.45, 7) is 2.94. The first-order valence-electron chi connectivity index (χ1n) is 8.46. The van der Waals surface area contributed by atoms with Crippen LogP contribution in [0.1, 0.15) is 35.9 Å². The Kier molecular flexibility index (Phi) is 4.94. The molecule has 0 saturated carbocycles. The van der Waals surface area contributed by atoms with Gasteiger partial charge in [0, 0.05) is 24.8 Å². The summed E-state index contributed by atoms with van der Waals surface area (Å²) in [5.41, 5.74) is -0.903. The summed E-state index contributed by atoms with van der Waals surface area (Å²) in [7, 11) is 0. The summed E-state index contributed by atoms with van der Waals surface area (Å²) >= 11 is 0. The Balaban J connectivity index is 1.81. The van der Waals surface area contributed by atoms with E-state index in [1.807, 2.05) is 0 Å². The van der Waals surface area contributed by atoms with E-state index in [1.54, 1.807) is 24.0 Å². The lowest BCUT2D eigenvalue weighted by molar-refractivity contribution is -0.385. The van der Waals surface area contributed by atoms with E-state index in [0.29, 0.717) is 24.5 Å². The van der Waals surface area contributed by atoms with Gasteiger partial charge in [-0.2, -0.15) is 0 Å². The van der Waals surface area contributed by atoms with Crippen molar-refractivity contribution in [1.29, 1.82) is 0 Å². The molecule has 1 aromatic heterocycles. The van der Waals surface area contributed by atoms with Crippen molar-refractivity contribution in [2.45, 2.75) is 25.4 Å². The molecule has 3 rings (SSSR count). The number of hydrogen-bond donors (Lipinski definition) is 2. The first kappa shape index (κ1) is 17.9. The Morgan fingerprint density at radius 1 is 1.38 bits per heavy atom. The van der Waals surface area contributed by atoms with Gasteiger partial charge >= 0.3 is 0 Å². The van der Waals surface area contributed by atoms with Crippen LogP contribution < -0.4 is 5.32 Å². The number of furan rings is 1. The average Bonchev–Trinajstić information content (AvgIpc) is 3.32. The fourth-order valence-corrected chi connectivity index (χ4v) is 3.01. The van der Waals surface area contributed by atoms with Crippen LogP contribution in [0.15, 0.2) is 41.0 Å². The van der Waals surface area contributed by atoms with E-state index in [0.717, 1.165) is 12.8 Å². The van der Waals surface area contributed by atoms with Gasteiger partial charge in [-0.15, -0.1) is 0 Å². The van der Waals surface area contributed by atoms with Gasteiger partial charge in [0.25, 0.3) is 11.6 Å². The minimum Gasteiger partial charge on any atom is -0.466 e. The number of carbonyl (C=O) groups excluding carboxylic acids is 1. The molecule has 0 bridgehead atoms. The first-order chi connectivity index (χ1) is 12.4. The van der Waals surface area contributed by atoms with E-state index in [4.69, 9.17) is 4.42 Å². The molecule has 0 radical (unpaired) electrons. The quantitative estimate of drug-likeness (QED) is 0.606. The molecule has 2 N–H and O–H groups in total. The third-order valence-electron chi connectivity index (χ3n) is 4.51. The Labute approximate surface area is 150 Å². The number of rotatable bonds is 6. The van der Waals surface area contributed by atoms with Gasteiger partial charge in [0.05, 0.1) is 17.7 Å². The molecule has 1 atom stereocenters. The maximum atomic E-state index is 12.6. The number of benzene rings is 1. The molecule has 1 fully saturated rings. The standard InChI is InChI=1S/C18H21N3O5/c1-18(23,16-5-4-10-26-16)12-19-13-6-7-15(21(24)25)14(11-13)17(22)20-8-2-3-9-20/h4-7,10-11,19,23H,2-3,8-9,12H2,1H3. The molecular formula is C18H21N3O5. The molecular weight excluding hydrogens is 338 g/mol. The molecule has 1 unspecified atom stereocenters. The molecule has 8 nitrogen and oxygen atoms in total. The molecule has 2 heterocycles. The lowest BCUT2D eigenvalue weighted by Gasteiger charge is -2.22. The highest BCUT2D eigenvalue weighted by Crippen LogP contribution is 2.27. The van der Waals surface area contributed by atoms with Crippen molar-refractivity contribution in [1.82, 2.24) is 4.90 Å². The smallest absolute Gasteiger partial charge is 0.282 e. The number of anilines is 1.